The summed E-state index contributed by atoms with van der Waals surface area (Å²) in [6.07, 6.45) is 3.73. The molecule has 0 radical (unpaired) electrons. The van der Waals surface area contributed by atoms with Crippen LogP contribution in [0, 0.1) is 0 Å². The number of aryl methyl sites for hydroxylation is 1. The number of rotatable bonds is 2. The molecule has 1 aromatic rings. The maximum Gasteiger partial charge on any atom is 0.146 e. The van der Waals surface area contributed by atoms with Crippen LogP contribution in [0.25, 0.3) is 0 Å². The van der Waals surface area contributed by atoms with Gasteiger partial charge in [0.05, 0.1) is 4.47 Å². The molecule has 0 aromatic carbocycles. The van der Waals surface area contributed by atoms with Crippen LogP contribution in [0.4, 0.5) is 5.82 Å². The third kappa shape index (κ3) is 2.29. The molecule has 15 heavy (non-hydrogen) atoms. The van der Waals surface area contributed by atoms with Gasteiger partial charge in [0.2, 0.25) is 0 Å². The first-order valence-corrected chi connectivity index (χ1v) is 6.02. The minimum Gasteiger partial charge on any atom is -0.354 e. The number of nitrogens with zero attached hydrogens (tertiary/aromatic N) is 3. The van der Waals surface area contributed by atoms with Gasteiger partial charge in [-0.2, -0.15) is 0 Å². The average molecular weight is 271 g/mol. The van der Waals surface area contributed by atoms with Crippen molar-refractivity contribution in [2.75, 3.05) is 18.0 Å². The van der Waals surface area contributed by atoms with Gasteiger partial charge in [-0.15, -0.1) is 0 Å². The van der Waals surface area contributed by atoms with Crippen LogP contribution in [0.15, 0.2) is 10.7 Å². The highest BCUT2D eigenvalue weighted by molar-refractivity contribution is 9.10. The molecule has 1 fully saturated rings. The summed E-state index contributed by atoms with van der Waals surface area (Å²) >= 11 is 3.48. The summed E-state index contributed by atoms with van der Waals surface area (Å²) in [6.45, 7) is 3.93. The first-order valence-electron chi connectivity index (χ1n) is 5.22. The Morgan fingerprint density at radius 2 is 2.47 bits per heavy atom. The van der Waals surface area contributed by atoms with Crippen LogP contribution in [-0.2, 0) is 6.42 Å². The molecule has 2 heterocycles. The van der Waals surface area contributed by atoms with Crippen LogP contribution in [0.5, 0.6) is 0 Å². The van der Waals surface area contributed by atoms with E-state index in [1.54, 1.807) is 0 Å². The second-order valence-electron chi connectivity index (χ2n) is 3.81. The van der Waals surface area contributed by atoms with Crippen molar-refractivity contribution in [2.45, 2.75) is 25.8 Å². The van der Waals surface area contributed by atoms with Crippen molar-refractivity contribution in [3.8, 4) is 0 Å². The highest BCUT2D eigenvalue weighted by atomic mass is 79.9. The minimum absolute atomic E-state index is 0.275. The van der Waals surface area contributed by atoms with Crippen LogP contribution in [0.3, 0.4) is 0 Å². The summed E-state index contributed by atoms with van der Waals surface area (Å²) < 4.78 is 0.953. The standard InChI is InChI=1S/C10H15BrN4/c1-2-9-13-5-8(11)10(14-9)15-4-3-7(12)6-15/h5,7H,2-4,6,12H2,1H3. The van der Waals surface area contributed by atoms with Gasteiger partial charge in [-0.3, -0.25) is 0 Å². The van der Waals surface area contributed by atoms with Crippen molar-refractivity contribution in [3.63, 3.8) is 0 Å². The van der Waals surface area contributed by atoms with Crippen molar-refractivity contribution in [2.24, 2.45) is 5.73 Å². The largest absolute Gasteiger partial charge is 0.354 e. The van der Waals surface area contributed by atoms with E-state index in [0.29, 0.717) is 0 Å². The van der Waals surface area contributed by atoms with E-state index in [1.165, 1.54) is 0 Å². The van der Waals surface area contributed by atoms with E-state index >= 15 is 0 Å². The van der Waals surface area contributed by atoms with Crippen molar-refractivity contribution >= 4 is 21.7 Å². The maximum atomic E-state index is 5.88. The molecule has 0 amide bonds. The first kappa shape index (κ1) is 10.8. The highest BCUT2D eigenvalue weighted by Crippen LogP contribution is 2.25. The third-order valence-electron chi connectivity index (χ3n) is 2.62. The molecule has 4 nitrogen and oxygen atoms in total. The molecule has 1 saturated heterocycles. The van der Waals surface area contributed by atoms with Gasteiger partial charge in [0, 0.05) is 31.7 Å². The lowest BCUT2D eigenvalue weighted by Gasteiger charge is -2.18. The normalized spacial score (nSPS) is 21.0. The molecule has 82 valence electrons. The Kier molecular flexibility index (Phi) is 3.21. The third-order valence-corrected chi connectivity index (χ3v) is 3.18. The monoisotopic (exact) mass is 270 g/mol. The molecular formula is C10H15BrN4. The maximum absolute atomic E-state index is 5.88. The van der Waals surface area contributed by atoms with Crippen LogP contribution < -0.4 is 10.6 Å². The van der Waals surface area contributed by atoms with Crippen LogP contribution >= 0.6 is 15.9 Å². The Morgan fingerprint density at radius 3 is 3.07 bits per heavy atom. The molecule has 1 aromatic heterocycles. The summed E-state index contributed by atoms with van der Waals surface area (Å²) in [5, 5.41) is 0. The number of hydrogen-bond acceptors (Lipinski definition) is 4. The minimum atomic E-state index is 0.275. The number of hydrogen-bond donors (Lipinski definition) is 1. The van der Waals surface area contributed by atoms with Crippen LogP contribution in [0.1, 0.15) is 19.2 Å². The van der Waals surface area contributed by atoms with Gasteiger partial charge < -0.3 is 10.6 Å². The molecule has 0 saturated carbocycles. The van der Waals surface area contributed by atoms with Crippen molar-refractivity contribution in [1.82, 2.24) is 9.97 Å². The summed E-state index contributed by atoms with van der Waals surface area (Å²) in [6, 6.07) is 0.275. The fraction of sp³-hybridized carbons (Fsp3) is 0.600. The lowest BCUT2D eigenvalue weighted by molar-refractivity contribution is 0.750. The zero-order valence-corrected chi connectivity index (χ0v) is 10.4. The van der Waals surface area contributed by atoms with E-state index in [4.69, 9.17) is 5.73 Å². The average Bonchev–Trinajstić information content (AvgIpc) is 2.65. The van der Waals surface area contributed by atoms with Gasteiger partial charge in [-0.1, -0.05) is 6.92 Å². The Balaban J connectivity index is 2.26. The fourth-order valence-corrected chi connectivity index (χ4v) is 2.21. The predicted molar refractivity (Wildman–Crippen MR) is 63.9 cm³/mol. The Bertz CT molecular complexity index is 355. The zero-order chi connectivity index (χ0) is 10.8. The summed E-state index contributed by atoms with van der Waals surface area (Å²) in [5.74, 6) is 1.86. The second kappa shape index (κ2) is 4.45. The molecule has 0 aliphatic carbocycles. The predicted octanol–water partition coefficient (Wildman–Crippen LogP) is 1.34. The molecule has 1 aliphatic rings. The summed E-state index contributed by atoms with van der Waals surface area (Å²) in [4.78, 5) is 11.0. The van der Waals surface area contributed by atoms with Crippen LogP contribution in [-0.4, -0.2) is 29.1 Å². The first-order chi connectivity index (χ1) is 7.20. The number of nitrogens with two attached hydrogens (primary N) is 1. The molecule has 1 atom stereocenters. The molecule has 5 heteroatoms. The van der Waals surface area contributed by atoms with Crippen LogP contribution in [0.2, 0.25) is 0 Å². The van der Waals surface area contributed by atoms with Gasteiger partial charge in [-0.25, -0.2) is 9.97 Å². The molecule has 1 aliphatic heterocycles. The molecular weight excluding hydrogens is 256 g/mol. The van der Waals surface area contributed by atoms with E-state index < -0.39 is 0 Å². The molecule has 1 unspecified atom stereocenters. The van der Waals surface area contributed by atoms with Crippen molar-refractivity contribution in [1.29, 1.82) is 0 Å². The SMILES string of the molecule is CCc1ncc(Br)c(N2CCC(N)C2)n1. The van der Waals surface area contributed by atoms with Gasteiger partial charge in [0.15, 0.2) is 0 Å². The zero-order valence-electron chi connectivity index (χ0n) is 8.78. The van der Waals surface area contributed by atoms with Crippen molar-refractivity contribution < 1.29 is 0 Å². The van der Waals surface area contributed by atoms with E-state index in [9.17, 15) is 0 Å². The fourth-order valence-electron chi connectivity index (χ4n) is 1.77. The molecule has 0 spiro atoms. The lowest BCUT2D eigenvalue weighted by Crippen LogP contribution is -2.27. The van der Waals surface area contributed by atoms with Gasteiger partial charge in [-0.05, 0) is 22.4 Å². The molecule has 0 bridgehead atoms. The van der Waals surface area contributed by atoms with Gasteiger partial charge in [0.25, 0.3) is 0 Å². The number of halogens is 1. The van der Waals surface area contributed by atoms with Crippen molar-refractivity contribution in [3.05, 3.63) is 16.5 Å². The lowest BCUT2D eigenvalue weighted by atomic mass is 10.3. The Morgan fingerprint density at radius 1 is 1.67 bits per heavy atom. The molecule has 2 N–H and O–H groups in total. The second-order valence-corrected chi connectivity index (χ2v) is 4.66. The highest BCUT2D eigenvalue weighted by Gasteiger charge is 2.22. The number of anilines is 1. The quantitative estimate of drug-likeness (QED) is 0.882. The molecule has 2 rings (SSSR count). The van der Waals surface area contributed by atoms with Gasteiger partial charge in [0.1, 0.15) is 11.6 Å². The smallest absolute Gasteiger partial charge is 0.146 e. The summed E-state index contributed by atoms with van der Waals surface area (Å²) in [5.41, 5.74) is 5.88. The Hall–Kier alpha value is -0.680. The number of aromatic nitrogens is 2. The Labute approximate surface area is 98.0 Å². The van der Waals surface area contributed by atoms with Gasteiger partial charge >= 0.3 is 0 Å². The van der Waals surface area contributed by atoms with E-state index in [-0.39, 0.29) is 6.04 Å². The topological polar surface area (TPSA) is 55.0 Å². The summed E-state index contributed by atoms with van der Waals surface area (Å²) in [7, 11) is 0. The van der Waals surface area contributed by atoms with E-state index in [2.05, 4.69) is 37.7 Å². The van der Waals surface area contributed by atoms with E-state index in [1.807, 2.05) is 6.20 Å². The van der Waals surface area contributed by atoms with E-state index in [0.717, 1.165) is 42.0 Å².